The van der Waals surface area contributed by atoms with E-state index in [0.717, 1.165) is 0 Å². The molecule has 0 aliphatic carbocycles. The largest absolute Gasteiger partial charge is 0.329 e. The third-order valence-electron chi connectivity index (χ3n) is 3.40. The Morgan fingerprint density at radius 3 is 2.42 bits per heavy atom. The molecule has 0 bridgehead atoms. The van der Waals surface area contributed by atoms with Crippen molar-refractivity contribution in [2.75, 3.05) is 11.9 Å². The van der Waals surface area contributed by atoms with E-state index in [1.807, 2.05) is 13.8 Å². The van der Waals surface area contributed by atoms with Crippen LogP contribution < -0.4 is 11.1 Å². The van der Waals surface area contributed by atoms with Crippen molar-refractivity contribution < 1.29 is 9.18 Å². The highest BCUT2D eigenvalue weighted by Crippen LogP contribution is 2.28. The molecule has 3 nitrogen and oxygen atoms in total. The monoisotopic (exact) mass is 352 g/mol. The summed E-state index contributed by atoms with van der Waals surface area (Å²) in [5.41, 5.74) is 5.72. The number of hydrogen-bond donors (Lipinski definition) is 2. The molecule has 1 rings (SSSR count). The van der Waals surface area contributed by atoms with Crippen molar-refractivity contribution in [1.82, 2.24) is 0 Å². The number of carbonyl (C=O) groups is 1. The Bertz CT molecular complexity index is 430. The van der Waals surface area contributed by atoms with E-state index in [-0.39, 0.29) is 24.1 Å². The number of rotatable bonds is 5. The Labute approximate surface area is 127 Å². The van der Waals surface area contributed by atoms with Crippen molar-refractivity contribution in [3.8, 4) is 0 Å². The first-order chi connectivity index (χ1) is 8.49. The number of hydrogen-bond acceptors (Lipinski definition) is 2. The first-order valence-electron chi connectivity index (χ1n) is 5.95. The average Bonchev–Trinajstić information content (AvgIpc) is 2.37. The van der Waals surface area contributed by atoms with E-state index < -0.39 is 5.41 Å². The second kappa shape index (κ2) is 7.82. The summed E-state index contributed by atoms with van der Waals surface area (Å²) in [6.45, 7) is 4.18. The second-order valence-corrected chi connectivity index (χ2v) is 5.13. The van der Waals surface area contributed by atoms with Gasteiger partial charge < -0.3 is 11.1 Å². The quantitative estimate of drug-likeness (QED) is 0.848. The number of nitrogens with two attached hydrogens (primary N) is 1. The number of halogens is 3. The smallest absolute Gasteiger partial charge is 0.231 e. The van der Waals surface area contributed by atoms with Gasteiger partial charge in [-0.1, -0.05) is 13.8 Å². The highest BCUT2D eigenvalue weighted by Gasteiger charge is 2.33. The predicted molar refractivity (Wildman–Crippen MR) is 82.0 cm³/mol. The first kappa shape index (κ1) is 18.4. The van der Waals surface area contributed by atoms with Crippen LogP contribution in [0.5, 0.6) is 0 Å². The van der Waals surface area contributed by atoms with Gasteiger partial charge >= 0.3 is 0 Å². The molecule has 0 atom stereocenters. The maximum atomic E-state index is 13.1. The van der Waals surface area contributed by atoms with Crippen molar-refractivity contribution in [1.29, 1.82) is 0 Å². The molecular weight excluding hydrogens is 335 g/mol. The molecule has 6 heteroatoms. The Kier molecular flexibility index (Phi) is 7.55. The zero-order valence-electron chi connectivity index (χ0n) is 11.0. The highest BCUT2D eigenvalue weighted by atomic mass is 79.9. The van der Waals surface area contributed by atoms with E-state index in [0.29, 0.717) is 29.5 Å². The maximum absolute atomic E-state index is 13.1. The second-order valence-electron chi connectivity index (χ2n) is 4.27. The summed E-state index contributed by atoms with van der Waals surface area (Å²) >= 11 is 3.09. The fourth-order valence-electron chi connectivity index (χ4n) is 1.79. The third kappa shape index (κ3) is 4.16. The van der Waals surface area contributed by atoms with Gasteiger partial charge in [0.25, 0.3) is 0 Å². The summed E-state index contributed by atoms with van der Waals surface area (Å²) < 4.78 is 13.4. The van der Waals surface area contributed by atoms with Crippen LogP contribution in [0.4, 0.5) is 10.1 Å². The lowest BCUT2D eigenvalue weighted by Crippen LogP contribution is -2.41. The Morgan fingerprint density at radius 1 is 1.42 bits per heavy atom. The maximum Gasteiger partial charge on any atom is 0.231 e. The zero-order chi connectivity index (χ0) is 13.8. The van der Waals surface area contributed by atoms with Crippen molar-refractivity contribution in [2.45, 2.75) is 26.7 Å². The molecule has 0 spiro atoms. The van der Waals surface area contributed by atoms with Crippen LogP contribution in [0.25, 0.3) is 0 Å². The summed E-state index contributed by atoms with van der Waals surface area (Å²) in [5, 5.41) is 2.79. The lowest BCUT2D eigenvalue weighted by atomic mass is 9.81. The van der Waals surface area contributed by atoms with Gasteiger partial charge in [0.1, 0.15) is 5.82 Å². The SMILES string of the molecule is CCC(CC)(CN)C(=O)Nc1ccc(F)c(Br)c1.Cl. The number of amides is 1. The van der Waals surface area contributed by atoms with Gasteiger partial charge in [0.05, 0.1) is 9.89 Å². The Balaban J connectivity index is 0.00000324. The molecule has 1 amide bonds. The molecule has 0 aliphatic rings. The molecule has 0 saturated carbocycles. The minimum absolute atomic E-state index is 0. The van der Waals surface area contributed by atoms with Crippen molar-refractivity contribution in [2.24, 2.45) is 11.1 Å². The molecule has 19 heavy (non-hydrogen) atoms. The molecule has 0 aliphatic heterocycles. The number of anilines is 1. The third-order valence-corrected chi connectivity index (χ3v) is 4.01. The van der Waals surface area contributed by atoms with E-state index >= 15 is 0 Å². The summed E-state index contributed by atoms with van der Waals surface area (Å²) in [4.78, 5) is 12.2. The van der Waals surface area contributed by atoms with Crippen LogP contribution in [0.15, 0.2) is 22.7 Å². The van der Waals surface area contributed by atoms with Gasteiger partial charge in [-0.05, 0) is 47.0 Å². The van der Waals surface area contributed by atoms with Gasteiger partial charge in [0.15, 0.2) is 0 Å². The fourth-order valence-corrected chi connectivity index (χ4v) is 2.17. The topological polar surface area (TPSA) is 55.1 Å². The molecule has 1 aromatic rings. The van der Waals surface area contributed by atoms with Crippen LogP contribution >= 0.6 is 28.3 Å². The molecule has 0 saturated heterocycles. The van der Waals surface area contributed by atoms with E-state index in [1.165, 1.54) is 12.1 Å². The van der Waals surface area contributed by atoms with Crippen LogP contribution in [0, 0.1) is 11.2 Å². The van der Waals surface area contributed by atoms with Gasteiger partial charge in [-0.2, -0.15) is 0 Å². The number of nitrogens with one attached hydrogen (secondary N) is 1. The van der Waals surface area contributed by atoms with Gasteiger partial charge in [-0.25, -0.2) is 4.39 Å². The lowest BCUT2D eigenvalue weighted by molar-refractivity contribution is -0.125. The molecule has 3 N–H and O–H groups in total. The highest BCUT2D eigenvalue weighted by molar-refractivity contribution is 9.10. The molecule has 0 radical (unpaired) electrons. The summed E-state index contributed by atoms with van der Waals surface area (Å²) in [6, 6.07) is 4.38. The van der Waals surface area contributed by atoms with E-state index in [9.17, 15) is 9.18 Å². The van der Waals surface area contributed by atoms with E-state index in [1.54, 1.807) is 6.07 Å². The molecule has 0 unspecified atom stereocenters. The van der Waals surface area contributed by atoms with Gasteiger partial charge in [0, 0.05) is 12.2 Å². The van der Waals surface area contributed by atoms with Gasteiger partial charge in [0.2, 0.25) is 5.91 Å². The summed E-state index contributed by atoms with van der Waals surface area (Å²) in [6.07, 6.45) is 1.35. The fraction of sp³-hybridized carbons (Fsp3) is 0.462. The van der Waals surface area contributed by atoms with Crippen LogP contribution in [-0.2, 0) is 4.79 Å². The summed E-state index contributed by atoms with van der Waals surface area (Å²) in [7, 11) is 0. The van der Waals surface area contributed by atoms with E-state index in [4.69, 9.17) is 5.73 Å². The number of carbonyl (C=O) groups excluding carboxylic acids is 1. The number of benzene rings is 1. The molecular formula is C13H19BrClFN2O. The van der Waals surface area contributed by atoms with Crippen LogP contribution in [0.1, 0.15) is 26.7 Å². The first-order valence-corrected chi connectivity index (χ1v) is 6.75. The van der Waals surface area contributed by atoms with Crippen molar-refractivity contribution in [3.05, 3.63) is 28.5 Å². The summed E-state index contributed by atoms with van der Waals surface area (Å²) in [5.74, 6) is -0.474. The molecule has 1 aromatic carbocycles. The van der Waals surface area contributed by atoms with E-state index in [2.05, 4.69) is 21.2 Å². The average molecular weight is 354 g/mol. The van der Waals surface area contributed by atoms with Crippen molar-refractivity contribution >= 4 is 39.9 Å². The van der Waals surface area contributed by atoms with Crippen molar-refractivity contribution in [3.63, 3.8) is 0 Å². The lowest BCUT2D eigenvalue weighted by Gasteiger charge is -2.28. The molecule has 0 aromatic heterocycles. The normalized spacial score (nSPS) is 10.8. The zero-order valence-corrected chi connectivity index (χ0v) is 13.4. The predicted octanol–water partition coefficient (Wildman–Crippen LogP) is 3.71. The van der Waals surface area contributed by atoms with Gasteiger partial charge in [-0.3, -0.25) is 4.79 Å². The molecule has 0 heterocycles. The minimum atomic E-state index is -0.555. The Morgan fingerprint density at radius 2 is 2.00 bits per heavy atom. The molecule has 108 valence electrons. The van der Waals surface area contributed by atoms with Gasteiger partial charge in [-0.15, -0.1) is 12.4 Å². The molecule has 0 fully saturated rings. The minimum Gasteiger partial charge on any atom is -0.329 e. The Hall–Kier alpha value is -0.650. The van der Waals surface area contributed by atoms with Crippen LogP contribution in [0.3, 0.4) is 0 Å². The van der Waals surface area contributed by atoms with Crippen LogP contribution in [0.2, 0.25) is 0 Å². The van der Waals surface area contributed by atoms with Crippen LogP contribution in [-0.4, -0.2) is 12.5 Å². The standard InChI is InChI=1S/C13H18BrFN2O.ClH/c1-3-13(4-2,8-16)12(18)17-9-5-6-11(15)10(14)7-9;/h5-7H,3-4,8,16H2,1-2H3,(H,17,18);1H.